The number of hydrogen-bond acceptors (Lipinski definition) is 2. The molecule has 0 aromatic rings. The van der Waals surface area contributed by atoms with Crippen LogP contribution in [0, 0.1) is 0 Å². The largest absolute Gasteiger partial charge is 1.00 e. The smallest absolute Gasteiger partial charge is 1.00 e. The summed E-state index contributed by atoms with van der Waals surface area (Å²) in [6.07, 6.45) is 0. The van der Waals surface area contributed by atoms with Crippen molar-refractivity contribution in [1.82, 2.24) is 0 Å². The van der Waals surface area contributed by atoms with Crippen LogP contribution in [0.3, 0.4) is 0 Å². The molecular formula is H3Na2O3P. The van der Waals surface area contributed by atoms with Gasteiger partial charge < -0.3 is 7.75 Å². The fourth-order valence-corrected chi connectivity index (χ4v) is 0. The van der Waals surface area contributed by atoms with Crippen LogP contribution in [0.5, 0.6) is 0 Å². The molecule has 0 bridgehead atoms. The molecule has 1 N–H and O–H groups in total. The molecule has 0 aliphatic heterocycles. The third kappa shape index (κ3) is 37.2. The summed E-state index contributed by atoms with van der Waals surface area (Å²) in [6.45, 7) is 0. The van der Waals surface area contributed by atoms with Gasteiger partial charge >= 0.3 is 67.4 Å². The third-order valence-corrected chi connectivity index (χ3v) is 0. The summed E-state index contributed by atoms with van der Waals surface area (Å²) >= 11 is 0. The van der Waals surface area contributed by atoms with E-state index in [0.29, 0.717) is 0 Å². The molecule has 0 aromatic carbocycles. The Hall–Kier alpha value is 2.02. The predicted octanol–water partition coefficient (Wildman–Crippen LogP) is -6.77. The summed E-state index contributed by atoms with van der Waals surface area (Å²) in [5.74, 6) is 0. The Morgan fingerprint density at radius 3 is 1.67 bits per heavy atom. The Labute approximate surface area is 83.6 Å². The van der Waals surface area contributed by atoms with Crippen LogP contribution < -0.4 is 64.0 Å². The molecule has 0 saturated heterocycles. The maximum atomic E-state index is 8.59. The fourth-order valence-electron chi connectivity index (χ4n) is 0. The average Bonchev–Trinajstić information content (AvgIpc) is 0.811. The predicted molar refractivity (Wildman–Crippen MR) is 12.0 cm³/mol. The van der Waals surface area contributed by atoms with Crippen LogP contribution in [0.15, 0.2) is 0 Å². The van der Waals surface area contributed by atoms with Gasteiger partial charge in [-0.3, -0.25) is 0 Å². The van der Waals surface area contributed by atoms with E-state index in [1.807, 2.05) is 0 Å². The quantitative estimate of drug-likeness (QED) is 0.260. The standard InChI is InChI=1S/2Na.HO3P.2H/c;;1-4(2)3;;/h;;(H,1,2,3);;/q2*+1;;2*-1. The first-order valence-electron chi connectivity index (χ1n) is 0.565. The second-order valence-corrected chi connectivity index (χ2v) is 0.714. The molecular weight excluding hydrogens is 125 g/mol. The maximum Gasteiger partial charge on any atom is 1.00 e. The molecule has 1 unspecified atom stereocenters. The topological polar surface area (TPSA) is 60.4 Å². The van der Waals surface area contributed by atoms with Gasteiger partial charge in [-0.2, -0.15) is 4.89 Å². The van der Waals surface area contributed by atoms with Gasteiger partial charge in [-0.15, -0.1) is 0 Å². The van der Waals surface area contributed by atoms with E-state index < -0.39 is 8.25 Å². The monoisotopic (exact) mass is 128 g/mol. The first kappa shape index (κ1) is 15.7. The Kier molecular flexibility index (Phi) is 26.4. The molecule has 6 heteroatoms. The number of rotatable bonds is 0. The average molecular weight is 128 g/mol. The van der Waals surface area contributed by atoms with Crippen molar-refractivity contribution in [2.45, 2.75) is 0 Å². The van der Waals surface area contributed by atoms with Gasteiger partial charge in [0, 0.05) is 0 Å². The van der Waals surface area contributed by atoms with E-state index >= 15 is 0 Å². The van der Waals surface area contributed by atoms with Crippen molar-refractivity contribution in [1.29, 1.82) is 0 Å². The molecule has 0 spiro atoms. The zero-order chi connectivity index (χ0) is 3.58. The van der Waals surface area contributed by atoms with Crippen molar-refractivity contribution in [3.8, 4) is 0 Å². The second kappa shape index (κ2) is 10.1. The van der Waals surface area contributed by atoms with Crippen LogP contribution in [-0.4, -0.2) is 4.89 Å². The van der Waals surface area contributed by atoms with Crippen molar-refractivity contribution in [2.24, 2.45) is 0 Å². The fraction of sp³-hybridized carbons (Fsp3) is 0. The molecule has 0 aliphatic rings. The molecule has 0 fully saturated rings. The summed E-state index contributed by atoms with van der Waals surface area (Å²) in [7, 11) is -3.12. The van der Waals surface area contributed by atoms with E-state index in [0.717, 1.165) is 0 Å². The minimum atomic E-state index is -3.12. The SMILES string of the molecule is O=[P+]([O-])O.[H-].[H-].[Na+].[Na+]. The molecule has 0 aliphatic carbocycles. The van der Waals surface area contributed by atoms with Gasteiger partial charge in [0.2, 0.25) is 0 Å². The van der Waals surface area contributed by atoms with Crippen LogP contribution in [-0.2, 0) is 4.57 Å². The van der Waals surface area contributed by atoms with Crippen LogP contribution in [0.4, 0.5) is 0 Å². The van der Waals surface area contributed by atoms with E-state index in [-0.39, 0.29) is 62.0 Å². The Bertz CT molecular complexity index is 38.3. The van der Waals surface area contributed by atoms with E-state index in [4.69, 9.17) is 14.4 Å². The zero-order valence-corrected chi connectivity index (χ0v) is 8.61. The van der Waals surface area contributed by atoms with Crippen LogP contribution >= 0.6 is 8.25 Å². The summed E-state index contributed by atoms with van der Waals surface area (Å²) < 4.78 is 8.59. The molecule has 0 heterocycles. The van der Waals surface area contributed by atoms with Crippen molar-refractivity contribution in [3.63, 3.8) is 0 Å². The van der Waals surface area contributed by atoms with Crippen LogP contribution in [0.2, 0.25) is 0 Å². The molecule has 6 heavy (non-hydrogen) atoms. The zero-order valence-electron chi connectivity index (χ0n) is 5.71. The van der Waals surface area contributed by atoms with E-state index in [1.54, 1.807) is 0 Å². The van der Waals surface area contributed by atoms with E-state index in [9.17, 15) is 0 Å². The first-order chi connectivity index (χ1) is 1.73. The summed E-state index contributed by atoms with van der Waals surface area (Å²) in [5.41, 5.74) is 0. The Morgan fingerprint density at radius 2 is 1.67 bits per heavy atom. The van der Waals surface area contributed by atoms with Gasteiger partial charge in [0.15, 0.2) is 0 Å². The minimum absolute atomic E-state index is 0. The van der Waals surface area contributed by atoms with Crippen molar-refractivity contribution in [2.75, 3.05) is 0 Å². The van der Waals surface area contributed by atoms with Crippen molar-refractivity contribution in [3.05, 3.63) is 0 Å². The first-order valence-corrected chi connectivity index (χ1v) is 1.70. The normalized spacial score (nSPS) is 7.33. The van der Waals surface area contributed by atoms with Gasteiger partial charge in [-0.25, -0.2) is 0 Å². The summed E-state index contributed by atoms with van der Waals surface area (Å²) in [5, 5.41) is 0. The molecule has 28 valence electrons. The Balaban J connectivity index is -0.00000000750. The third-order valence-electron chi connectivity index (χ3n) is 0. The van der Waals surface area contributed by atoms with Gasteiger partial charge in [0.25, 0.3) is 0 Å². The second-order valence-electron chi connectivity index (χ2n) is 0.238. The summed E-state index contributed by atoms with van der Waals surface area (Å²) in [4.78, 5) is 15.6. The van der Waals surface area contributed by atoms with Crippen molar-refractivity contribution >= 4 is 8.25 Å². The summed E-state index contributed by atoms with van der Waals surface area (Å²) in [6, 6.07) is 0. The van der Waals surface area contributed by atoms with Crippen LogP contribution in [0.1, 0.15) is 2.85 Å². The van der Waals surface area contributed by atoms with E-state index in [2.05, 4.69) is 0 Å². The number of hydrogen-bond donors (Lipinski definition) is 1. The van der Waals surface area contributed by atoms with Gasteiger partial charge in [-0.05, 0) is 4.57 Å². The maximum absolute atomic E-state index is 8.59. The molecule has 1 atom stereocenters. The molecule has 0 aromatic heterocycles. The Morgan fingerprint density at radius 1 is 1.67 bits per heavy atom. The van der Waals surface area contributed by atoms with Gasteiger partial charge in [0.1, 0.15) is 0 Å². The molecule has 3 nitrogen and oxygen atoms in total. The van der Waals surface area contributed by atoms with Gasteiger partial charge in [0.05, 0.1) is 0 Å². The molecule has 0 amide bonds. The van der Waals surface area contributed by atoms with E-state index in [1.165, 1.54) is 0 Å². The molecule has 0 radical (unpaired) electrons. The van der Waals surface area contributed by atoms with Crippen molar-refractivity contribution < 1.29 is 76.3 Å². The molecule has 0 saturated carbocycles. The van der Waals surface area contributed by atoms with Crippen LogP contribution in [0.25, 0.3) is 0 Å². The van der Waals surface area contributed by atoms with Gasteiger partial charge in [-0.1, -0.05) is 0 Å². The minimum Gasteiger partial charge on any atom is -1.00 e. The molecule has 0 rings (SSSR count).